The quantitative estimate of drug-likeness (QED) is 0.630. The Labute approximate surface area is 166 Å². The number of benzene rings is 2. The number of hydrogen-bond acceptors (Lipinski definition) is 5. The lowest BCUT2D eigenvalue weighted by atomic mass is 9.92. The molecule has 4 rings (SSSR count). The number of ether oxygens (including phenoxy) is 2. The predicted molar refractivity (Wildman–Crippen MR) is 101 cm³/mol. The van der Waals surface area contributed by atoms with Gasteiger partial charge in [-0.25, -0.2) is 4.79 Å². The van der Waals surface area contributed by atoms with E-state index in [9.17, 15) is 14.4 Å². The number of ketones is 1. The van der Waals surface area contributed by atoms with Gasteiger partial charge < -0.3 is 14.8 Å². The average Bonchev–Trinajstić information content (AvgIpc) is 2.92. The maximum absolute atomic E-state index is 12.9. The summed E-state index contributed by atoms with van der Waals surface area (Å²) >= 11 is 5.90. The summed E-state index contributed by atoms with van der Waals surface area (Å²) < 4.78 is 10.9. The normalized spacial score (nSPS) is 20.9. The number of rotatable bonds is 4. The van der Waals surface area contributed by atoms with Crippen molar-refractivity contribution >= 4 is 29.3 Å². The smallest absolute Gasteiger partial charge is 0.325 e. The number of halogens is 1. The predicted octanol–water partition coefficient (Wildman–Crippen LogP) is 2.76. The van der Waals surface area contributed by atoms with Crippen molar-refractivity contribution in [2.45, 2.75) is 12.5 Å². The molecule has 144 valence electrons. The Morgan fingerprint density at radius 3 is 2.50 bits per heavy atom. The SMILES string of the molecule is C[C@@]1(c2ccc(Cl)cc2)NC(=O)N(CC(=O)c2ccc3c(c2)OCCO3)C1=O. The van der Waals surface area contributed by atoms with Crippen molar-refractivity contribution < 1.29 is 23.9 Å². The number of hydrogen-bond donors (Lipinski definition) is 1. The van der Waals surface area contributed by atoms with Crippen LogP contribution >= 0.6 is 11.6 Å². The third-order valence-corrected chi connectivity index (χ3v) is 5.11. The molecule has 7 nitrogen and oxygen atoms in total. The number of carbonyl (C=O) groups is 3. The highest BCUT2D eigenvalue weighted by Gasteiger charge is 2.49. The molecule has 0 saturated carbocycles. The van der Waals surface area contributed by atoms with Crippen molar-refractivity contribution in [2.75, 3.05) is 19.8 Å². The number of carbonyl (C=O) groups excluding carboxylic acids is 3. The van der Waals surface area contributed by atoms with Crippen LogP contribution in [0.2, 0.25) is 5.02 Å². The van der Waals surface area contributed by atoms with Crippen LogP contribution in [0.1, 0.15) is 22.8 Å². The van der Waals surface area contributed by atoms with Crippen molar-refractivity contribution in [1.82, 2.24) is 10.2 Å². The van der Waals surface area contributed by atoms with Gasteiger partial charge in [0.2, 0.25) is 0 Å². The Bertz CT molecular complexity index is 975. The van der Waals surface area contributed by atoms with E-state index in [4.69, 9.17) is 21.1 Å². The second kappa shape index (κ2) is 6.83. The molecule has 0 spiro atoms. The number of urea groups is 1. The standard InChI is InChI=1S/C20H17ClN2O5/c1-20(13-3-5-14(21)6-4-13)18(25)23(19(26)22-20)11-15(24)12-2-7-16-17(10-12)28-9-8-27-16/h2-7,10H,8-9,11H2,1H3,(H,22,26)/t20-/m0/s1. The second-order valence-electron chi connectivity index (χ2n) is 6.73. The van der Waals surface area contributed by atoms with Gasteiger partial charge in [-0.1, -0.05) is 23.7 Å². The molecule has 0 radical (unpaired) electrons. The number of nitrogens with one attached hydrogen (secondary N) is 1. The Morgan fingerprint density at radius 1 is 1.11 bits per heavy atom. The van der Waals surface area contributed by atoms with Gasteiger partial charge in [-0.2, -0.15) is 0 Å². The summed E-state index contributed by atoms with van der Waals surface area (Å²) in [6, 6.07) is 10.8. The molecular weight excluding hydrogens is 384 g/mol. The molecule has 2 aromatic rings. The first-order chi connectivity index (χ1) is 13.4. The first kappa shape index (κ1) is 18.3. The Balaban J connectivity index is 1.55. The fourth-order valence-corrected chi connectivity index (χ4v) is 3.40. The maximum Gasteiger partial charge on any atom is 0.325 e. The minimum atomic E-state index is -1.26. The summed E-state index contributed by atoms with van der Waals surface area (Å²) in [5.74, 6) is 0.167. The average molecular weight is 401 g/mol. The molecule has 1 saturated heterocycles. The number of amides is 3. The lowest BCUT2D eigenvalue weighted by molar-refractivity contribution is -0.130. The lowest BCUT2D eigenvalue weighted by Gasteiger charge is -2.22. The number of Topliss-reactive ketones (excluding diaryl/α,β-unsaturated/α-hetero) is 1. The van der Waals surface area contributed by atoms with Crippen LogP contribution in [0.15, 0.2) is 42.5 Å². The molecule has 1 fully saturated rings. The second-order valence-corrected chi connectivity index (χ2v) is 7.17. The Hall–Kier alpha value is -3.06. The molecule has 1 N–H and O–H groups in total. The number of nitrogens with zero attached hydrogens (tertiary/aromatic N) is 1. The van der Waals surface area contributed by atoms with E-state index in [0.29, 0.717) is 40.9 Å². The summed E-state index contributed by atoms with van der Waals surface area (Å²) in [5.41, 5.74) is -0.330. The van der Waals surface area contributed by atoms with E-state index in [-0.39, 0.29) is 12.3 Å². The summed E-state index contributed by atoms with van der Waals surface area (Å²) in [4.78, 5) is 39.0. The van der Waals surface area contributed by atoms with Gasteiger partial charge >= 0.3 is 6.03 Å². The number of imide groups is 1. The highest BCUT2D eigenvalue weighted by molar-refractivity contribution is 6.30. The monoisotopic (exact) mass is 400 g/mol. The van der Waals surface area contributed by atoms with Gasteiger partial charge in [-0.3, -0.25) is 14.5 Å². The molecule has 8 heteroatoms. The van der Waals surface area contributed by atoms with Crippen molar-refractivity contribution in [3.63, 3.8) is 0 Å². The van der Waals surface area contributed by atoms with Crippen LogP contribution < -0.4 is 14.8 Å². The fraction of sp³-hybridized carbons (Fsp3) is 0.250. The van der Waals surface area contributed by atoms with Crippen LogP contribution in [0.3, 0.4) is 0 Å². The molecule has 0 aromatic heterocycles. The van der Waals surface area contributed by atoms with Crippen LogP contribution in [-0.2, 0) is 10.3 Å². The third-order valence-electron chi connectivity index (χ3n) is 4.86. The van der Waals surface area contributed by atoms with Crippen LogP contribution in [0.5, 0.6) is 11.5 Å². The molecule has 2 aliphatic heterocycles. The summed E-state index contributed by atoms with van der Waals surface area (Å²) in [5, 5.41) is 3.19. The van der Waals surface area contributed by atoms with Gasteiger partial charge in [0.15, 0.2) is 17.3 Å². The first-order valence-corrected chi connectivity index (χ1v) is 9.09. The summed E-state index contributed by atoms with van der Waals surface area (Å²) in [6.45, 7) is 2.08. The van der Waals surface area contributed by atoms with E-state index in [1.807, 2.05) is 0 Å². The summed E-state index contributed by atoms with van der Waals surface area (Å²) in [7, 11) is 0. The van der Waals surface area contributed by atoms with Crippen LogP contribution in [0, 0.1) is 0 Å². The van der Waals surface area contributed by atoms with Gasteiger partial charge in [0.05, 0.1) is 6.54 Å². The van der Waals surface area contributed by atoms with Crippen molar-refractivity contribution in [2.24, 2.45) is 0 Å². The molecule has 1 atom stereocenters. The zero-order chi connectivity index (χ0) is 19.9. The van der Waals surface area contributed by atoms with Crippen LogP contribution in [-0.4, -0.2) is 42.4 Å². The zero-order valence-electron chi connectivity index (χ0n) is 15.0. The summed E-state index contributed by atoms with van der Waals surface area (Å²) in [6.07, 6.45) is 0. The molecule has 0 unspecified atom stereocenters. The maximum atomic E-state index is 12.9. The molecule has 28 heavy (non-hydrogen) atoms. The van der Waals surface area contributed by atoms with Crippen molar-refractivity contribution in [3.8, 4) is 11.5 Å². The molecule has 0 bridgehead atoms. The number of fused-ring (bicyclic) bond motifs is 1. The molecular formula is C20H17ClN2O5. The van der Waals surface area contributed by atoms with E-state index < -0.39 is 17.5 Å². The minimum Gasteiger partial charge on any atom is -0.486 e. The van der Waals surface area contributed by atoms with E-state index >= 15 is 0 Å². The Morgan fingerprint density at radius 2 is 1.79 bits per heavy atom. The first-order valence-electron chi connectivity index (χ1n) is 8.71. The molecule has 0 aliphatic carbocycles. The Kier molecular flexibility index (Phi) is 4.47. The van der Waals surface area contributed by atoms with Crippen LogP contribution in [0.4, 0.5) is 4.79 Å². The van der Waals surface area contributed by atoms with E-state index in [0.717, 1.165) is 4.90 Å². The largest absolute Gasteiger partial charge is 0.486 e. The molecule has 2 heterocycles. The molecule has 2 aliphatic rings. The fourth-order valence-electron chi connectivity index (χ4n) is 3.27. The van der Waals surface area contributed by atoms with Gasteiger partial charge in [-0.15, -0.1) is 0 Å². The molecule has 2 aromatic carbocycles. The lowest BCUT2D eigenvalue weighted by Crippen LogP contribution is -2.41. The molecule has 3 amide bonds. The van der Waals surface area contributed by atoms with Gasteiger partial charge in [-0.05, 0) is 42.8 Å². The van der Waals surface area contributed by atoms with Crippen molar-refractivity contribution in [3.05, 3.63) is 58.6 Å². The van der Waals surface area contributed by atoms with Gasteiger partial charge in [0.1, 0.15) is 18.8 Å². The topological polar surface area (TPSA) is 84.9 Å². The minimum absolute atomic E-state index is 0.338. The van der Waals surface area contributed by atoms with E-state index in [1.54, 1.807) is 49.4 Å². The van der Waals surface area contributed by atoms with Gasteiger partial charge in [0.25, 0.3) is 5.91 Å². The van der Waals surface area contributed by atoms with E-state index in [1.165, 1.54) is 0 Å². The van der Waals surface area contributed by atoms with Crippen molar-refractivity contribution in [1.29, 1.82) is 0 Å². The van der Waals surface area contributed by atoms with Crippen LogP contribution in [0.25, 0.3) is 0 Å². The highest BCUT2D eigenvalue weighted by Crippen LogP contribution is 2.32. The third kappa shape index (κ3) is 3.07. The van der Waals surface area contributed by atoms with Gasteiger partial charge in [0, 0.05) is 10.6 Å². The zero-order valence-corrected chi connectivity index (χ0v) is 15.8. The van der Waals surface area contributed by atoms with E-state index in [2.05, 4.69) is 5.32 Å². The highest BCUT2D eigenvalue weighted by atomic mass is 35.5.